The number of aryl methyl sites for hydroxylation is 1. The van der Waals surface area contributed by atoms with Crippen molar-refractivity contribution in [3.8, 4) is 0 Å². The van der Waals surface area contributed by atoms with Crippen LogP contribution in [-0.2, 0) is 4.79 Å². The van der Waals surface area contributed by atoms with Crippen LogP contribution in [0.15, 0.2) is 12.4 Å². The lowest BCUT2D eigenvalue weighted by molar-refractivity contribution is -0.0979. The third-order valence-corrected chi connectivity index (χ3v) is 1.95. The molecule has 1 N–H and O–H groups in total. The van der Waals surface area contributed by atoms with E-state index in [9.17, 15) is 0 Å². The second kappa shape index (κ2) is 8.05. The first-order valence-corrected chi connectivity index (χ1v) is 5.14. The van der Waals surface area contributed by atoms with Gasteiger partial charge in [-0.3, -0.25) is 0 Å². The Bertz CT molecular complexity index is 257. The average molecular weight is 209 g/mol. The van der Waals surface area contributed by atoms with Gasteiger partial charge < -0.3 is 10.1 Å². The van der Waals surface area contributed by atoms with Crippen LogP contribution in [0.4, 0.5) is 0 Å². The molecule has 0 saturated carbocycles. The normalized spacial score (nSPS) is 13.8. The summed E-state index contributed by atoms with van der Waals surface area (Å²) in [6, 6.07) is 0. The van der Waals surface area contributed by atoms with Crippen molar-refractivity contribution in [1.82, 2.24) is 15.3 Å². The van der Waals surface area contributed by atoms with Crippen molar-refractivity contribution in [2.45, 2.75) is 26.7 Å². The molecular weight excluding hydrogens is 190 g/mol. The molecule has 0 amide bonds. The van der Waals surface area contributed by atoms with Gasteiger partial charge in [-0.1, -0.05) is 13.8 Å². The molecule has 0 unspecified atom stereocenters. The molecule has 0 aliphatic carbocycles. The van der Waals surface area contributed by atoms with Crippen LogP contribution in [0.25, 0.3) is 0 Å². The summed E-state index contributed by atoms with van der Waals surface area (Å²) in [6.45, 7) is 10.1. The van der Waals surface area contributed by atoms with Gasteiger partial charge in [0.1, 0.15) is 12.6 Å². The number of hydrogen-bond donors (Lipinski definition) is 1. The van der Waals surface area contributed by atoms with Crippen LogP contribution >= 0.6 is 0 Å². The minimum Gasteiger partial charge on any atom is -0.315 e. The molecule has 15 heavy (non-hydrogen) atoms. The summed E-state index contributed by atoms with van der Waals surface area (Å²) in [7, 11) is 0. The van der Waals surface area contributed by atoms with Crippen LogP contribution in [-0.4, -0.2) is 29.8 Å². The van der Waals surface area contributed by atoms with Crippen molar-refractivity contribution in [3.05, 3.63) is 23.8 Å². The van der Waals surface area contributed by atoms with Gasteiger partial charge in [-0.15, -0.1) is 0 Å². The zero-order chi connectivity index (χ0) is 11.7. The molecule has 1 aromatic heterocycles. The van der Waals surface area contributed by atoms with Gasteiger partial charge in [0, 0.05) is 31.4 Å². The number of rotatable bonds is 1. The summed E-state index contributed by atoms with van der Waals surface area (Å²) in [5.74, 6) is 1.53. The van der Waals surface area contributed by atoms with Crippen molar-refractivity contribution in [1.29, 1.82) is 0 Å². The maximum atomic E-state index is 8.00. The predicted octanol–water partition coefficient (Wildman–Crippen LogP) is 1.31. The quantitative estimate of drug-likeness (QED) is 0.757. The van der Waals surface area contributed by atoms with Gasteiger partial charge in [-0.05, 0) is 12.5 Å². The highest BCUT2D eigenvalue weighted by molar-refractivity contribution is 5.11. The summed E-state index contributed by atoms with van der Waals surface area (Å²) in [5, 5.41) is 3.19. The predicted molar refractivity (Wildman–Crippen MR) is 60.8 cm³/mol. The third kappa shape index (κ3) is 4.16. The molecule has 0 spiro atoms. The molecule has 2 rings (SSSR count). The zero-order valence-electron chi connectivity index (χ0n) is 9.66. The van der Waals surface area contributed by atoms with E-state index >= 15 is 0 Å². The van der Waals surface area contributed by atoms with Crippen molar-refractivity contribution >= 4 is 6.79 Å². The summed E-state index contributed by atoms with van der Waals surface area (Å²) < 4.78 is 0. The zero-order valence-corrected chi connectivity index (χ0v) is 9.66. The minimum atomic E-state index is 0.551. The molecule has 2 heterocycles. The Hall–Kier alpha value is -1.29. The van der Waals surface area contributed by atoms with Gasteiger partial charge >= 0.3 is 0 Å². The van der Waals surface area contributed by atoms with E-state index in [1.165, 1.54) is 0 Å². The van der Waals surface area contributed by atoms with Crippen LogP contribution in [0.3, 0.4) is 0 Å². The maximum absolute atomic E-state index is 8.00. The molecule has 0 atom stereocenters. The number of nitrogens with zero attached hydrogens (tertiary/aromatic N) is 2. The molecular formula is C11H19N3O. The van der Waals surface area contributed by atoms with E-state index < -0.39 is 0 Å². The van der Waals surface area contributed by atoms with E-state index in [1.807, 2.05) is 40.0 Å². The molecule has 4 heteroatoms. The number of nitrogens with one attached hydrogen (secondary N) is 1. The summed E-state index contributed by atoms with van der Waals surface area (Å²) in [4.78, 5) is 16.5. The fraction of sp³-hybridized carbons (Fsp3) is 0.545. The summed E-state index contributed by atoms with van der Waals surface area (Å²) in [6.07, 6.45) is 3.75. The Kier molecular flexibility index (Phi) is 7.36. The largest absolute Gasteiger partial charge is 0.315 e. The van der Waals surface area contributed by atoms with E-state index in [4.69, 9.17) is 4.79 Å². The monoisotopic (exact) mass is 209 g/mol. The average Bonchev–Trinajstić information content (AvgIpc) is 2.25. The highest BCUT2D eigenvalue weighted by atomic mass is 16.1. The molecule has 0 aromatic carbocycles. The van der Waals surface area contributed by atoms with E-state index in [-0.39, 0.29) is 0 Å². The smallest absolute Gasteiger partial charge is 0.133 e. The van der Waals surface area contributed by atoms with E-state index in [1.54, 1.807) is 0 Å². The first kappa shape index (κ1) is 13.7. The molecule has 1 aliphatic heterocycles. The van der Waals surface area contributed by atoms with Crippen molar-refractivity contribution in [2.75, 3.05) is 13.1 Å². The van der Waals surface area contributed by atoms with Crippen molar-refractivity contribution in [3.63, 3.8) is 0 Å². The van der Waals surface area contributed by atoms with Crippen molar-refractivity contribution < 1.29 is 4.79 Å². The Labute approximate surface area is 91.1 Å². The fourth-order valence-electron chi connectivity index (χ4n) is 1.08. The highest BCUT2D eigenvalue weighted by Crippen LogP contribution is 2.14. The van der Waals surface area contributed by atoms with Gasteiger partial charge in [-0.25, -0.2) is 9.97 Å². The lowest BCUT2D eigenvalue weighted by Gasteiger charge is -2.25. The molecule has 1 aromatic rings. The van der Waals surface area contributed by atoms with Crippen LogP contribution in [0.5, 0.6) is 0 Å². The number of aromatic nitrogens is 2. The molecule has 84 valence electrons. The van der Waals surface area contributed by atoms with Gasteiger partial charge in [0.25, 0.3) is 0 Å². The van der Waals surface area contributed by atoms with Gasteiger partial charge in [0.05, 0.1) is 0 Å². The molecule has 0 radical (unpaired) electrons. The Morgan fingerprint density at radius 2 is 1.73 bits per heavy atom. The molecule has 1 aliphatic rings. The van der Waals surface area contributed by atoms with Crippen LogP contribution in [0, 0.1) is 6.92 Å². The second-order valence-electron chi connectivity index (χ2n) is 2.97. The second-order valence-corrected chi connectivity index (χ2v) is 2.97. The fourth-order valence-corrected chi connectivity index (χ4v) is 1.08. The lowest BCUT2D eigenvalue weighted by atomic mass is 10.0. The minimum absolute atomic E-state index is 0.551. The molecule has 1 saturated heterocycles. The number of hydrogen-bond acceptors (Lipinski definition) is 4. The molecule has 1 fully saturated rings. The van der Waals surface area contributed by atoms with Crippen LogP contribution in [0.1, 0.15) is 31.2 Å². The van der Waals surface area contributed by atoms with E-state index in [0.29, 0.717) is 5.92 Å². The number of carbonyl (C=O) groups is 1. The topological polar surface area (TPSA) is 54.9 Å². The SMILES string of the molecule is C=O.CC.Cc1cnc(C2CNC2)nc1. The highest BCUT2D eigenvalue weighted by Gasteiger charge is 2.20. The summed E-state index contributed by atoms with van der Waals surface area (Å²) in [5.41, 5.74) is 1.13. The first-order chi connectivity index (χ1) is 7.36. The van der Waals surface area contributed by atoms with Gasteiger partial charge in [0.2, 0.25) is 0 Å². The summed E-state index contributed by atoms with van der Waals surface area (Å²) >= 11 is 0. The van der Waals surface area contributed by atoms with E-state index in [2.05, 4.69) is 15.3 Å². The Morgan fingerprint density at radius 1 is 1.27 bits per heavy atom. The standard InChI is InChI=1S/C8H11N3.C2H6.CH2O/c1-6-2-10-8(11-3-6)7-4-9-5-7;2*1-2/h2-3,7,9H,4-5H2,1H3;1-2H3;1H2. The Balaban J connectivity index is 0.000000442. The third-order valence-electron chi connectivity index (χ3n) is 1.95. The first-order valence-electron chi connectivity index (χ1n) is 5.14. The lowest BCUT2D eigenvalue weighted by Crippen LogP contribution is -2.40. The molecule has 4 nitrogen and oxygen atoms in total. The molecule has 0 bridgehead atoms. The van der Waals surface area contributed by atoms with Crippen LogP contribution < -0.4 is 5.32 Å². The van der Waals surface area contributed by atoms with E-state index in [0.717, 1.165) is 24.5 Å². The number of carbonyl (C=O) groups excluding carboxylic acids is 1. The van der Waals surface area contributed by atoms with Gasteiger partial charge in [0.15, 0.2) is 0 Å². The van der Waals surface area contributed by atoms with Gasteiger partial charge in [-0.2, -0.15) is 0 Å². The van der Waals surface area contributed by atoms with Crippen molar-refractivity contribution in [2.24, 2.45) is 0 Å². The Morgan fingerprint density at radius 3 is 2.07 bits per heavy atom. The maximum Gasteiger partial charge on any atom is 0.133 e. The van der Waals surface area contributed by atoms with Crippen LogP contribution in [0.2, 0.25) is 0 Å².